The van der Waals surface area contributed by atoms with Crippen LogP contribution in [0.2, 0.25) is 0 Å². The quantitative estimate of drug-likeness (QED) is 0.895. The fourth-order valence-electron chi connectivity index (χ4n) is 3.60. The van der Waals surface area contributed by atoms with Crippen LogP contribution in [0.3, 0.4) is 0 Å². The van der Waals surface area contributed by atoms with E-state index in [0.717, 1.165) is 24.2 Å². The number of aromatic hydroxyl groups is 1. The van der Waals surface area contributed by atoms with Gasteiger partial charge in [0, 0.05) is 5.56 Å². The standard InChI is InChI=1S/C20H25NO/c1-15-13-16(2)20(22)18(14-15)19(17-9-5-3-6-10-17)21-11-7-4-8-12-21/h3,5-6,9-10,13-14,19,22H,4,7-8,11-12H2,1-2H3. The average Bonchev–Trinajstić information content (AvgIpc) is 2.54. The molecule has 1 unspecified atom stereocenters. The average molecular weight is 295 g/mol. The van der Waals surface area contributed by atoms with Crippen molar-refractivity contribution < 1.29 is 5.11 Å². The highest BCUT2D eigenvalue weighted by Crippen LogP contribution is 2.37. The molecule has 2 heteroatoms. The number of aryl methyl sites for hydroxylation is 2. The van der Waals surface area contributed by atoms with Crippen LogP contribution in [0, 0.1) is 13.8 Å². The summed E-state index contributed by atoms with van der Waals surface area (Å²) >= 11 is 0. The maximum atomic E-state index is 10.7. The van der Waals surface area contributed by atoms with E-state index < -0.39 is 0 Å². The summed E-state index contributed by atoms with van der Waals surface area (Å²) in [6.07, 6.45) is 3.81. The predicted octanol–water partition coefficient (Wildman–Crippen LogP) is 4.58. The van der Waals surface area contributed by atoms with E-state index in [9.17, 15) is 5.11 Å². The highest BCUT2D eigenvalue weighted by Gasteiger charge is 2.26. The molecule has 0 spiro atoms. The van der Waals surface area contributed by atoms with E-state index in [2.05, 4.69) is 54.3 Å². The molecule has 0 aromatic heterocycles. The van der Waals surface area contributed by atoms with E-state index in [-0.39, 0.29) is 6.04 Å². The van der Waals surface area contributed by atoms with Crippen LogP contribution in [0.25, 0.3) is 0 Å². The van der Waals surface area contributed by atoms with Crippen LogP contribution in [-0.4, -0.2) is 23.1 Å². The van der Waals surface area contributed by atoms with Crippen molar-refractivity contribution >= 4 is 0 Å². The number of hydrogen-bond donors (Lipinski definition) is 1. The molecule has 1 N–H and O–H groups in total. The van der Waals surface area contributed by atoms with Gasteiger partial charge in [0.2, 0.25) is 0 Å². The predicted molar refractivity (Wildman–Crippen MR) is 91.3 cm³/mol. The summed E-state index contributed by atoms with van der Waals surface area (Å²) in [5.74, 6) is 0.449. The molecule has 0 saturated carbocycles. The first-order chi connectivity index (χ1) is 10.7. The van der Waals surface area contributed by atoms with Crippen LogP contribution in [0.1, 0.15) is 47.6 Å². The first-order valence-electron chi connectivity index (χ1n) is 8.26. The molecular weight excluding hydrogens is 270 g/mol. The van der Waals surface area contributed by atoms with Gasteiger partial charge in [-0.3, -0.25) is 4.90 Å². The lowest BCUT2D eigenvalue weighted by Gasteiger charge is -2.36. The Kier molecular flexibility index (Phi) is 4.49. The van der Waals surface area contributed by atoms with Crippen molar-refractivity contribution in [2.45, 2.75) is 39.2 Å². The number of phenolic OH excluding ortho intramolecular Hbond substituents is 1. The Hall–Kier alpha value is -1.80. The van der Waals surface area contributed by atoms with Gasteiger partial charge in [-0.05, 0) is 50.9 Å². The highest BCUT2D eigenvalue weighted by molar-refractivity contribution is 5.47. The molecule has 2 nitrogen and oxygen atoms in total. The third-order valence-corrected chi connectivity index (χ3v) is 4.64. The number of hydrogen-bond acceptors (Lipinski definition) is 2. The lowest BCUT2D eigenvalue weighted by atomic mass is 9.92. The Morgan fingerprint density at radius 3 is 2.32 bits per heavy atom. The van der Waals surface area contributed by atoms with Crippen LogP contribution >= 0.6 is 0 Å². The van der Waals surface area contributed by atoms with Crippen molar-refractivity contribution in [3.8, 4) is 5.75 Å². The molecule has 0 bridgehead atoms. The van der Waals surface area contributed by atoms with E-state index >= 15 is 0 Å². The molecule has 1 fully saturated rings. The van der Waals surface area contributed by atoms with E-state index in [1.54, 1.807) is 0 Å². The zero-order valence-corrected chi connectivity index (χ0v) is 13.5. The van der Waals surface area contributed by atoms with Gasteiger partial charge in [0.1, 0.15) is 5.75 Å². The maximum Gasteiger partial charge on any atom is 0.123 e. The number of benzene rings is 2. The third-order valence-electron chi connectivity index (χ3n) is 4.64. The Labute approximate surface area is 133 Å². The van der Waals surface area contributed by atoms with Crippen LogP contribution in [-0.2, 0) is 0 Å². The summed E-state index contributed by atoms with van der Waals surface area (Å²) in [4.78, 5) is 2.52. The van der Waals surface area contributed by atoms with Gasteiger partial charge >= 0.3 is 0 Å². The van der Waals surface area contributed by atoms with Crippen molar-refractivity contribution in [3.63, 3.8) is 0 Å². The Morgan fingerprint density at radius 1 is 0.955 bits per heavy atom. The molecule has 0 aliphatic carbocycles. The van der Waals surface area contributed by atoms with E-state index in [1.165, 1.54) is 30.4 Å². The van der Waals surface area contributed by atoms with Crippen molar-refractivity contribution in [1.29, 1.82) is 0 Å². The molecule has 116 valence electrons. The van der Waals surface area contributed by atoms with E-state index in [1.807, 2.05) is 6.92 Å². The molecule has 2 aromatic carbocycles. The summed E-state index contributed by atoms with van der Waals surface area (Å²) in [6, 6.07) is 14.9. The fourth-order valence-corrected chi connectivity index (χ4v) is 3.60. The zero-order chi connectivity index (χ0) is 15.5. The van der Waals surface area contributed by atoms with Gasteiger partial charge < -0.3 is 5.11 Å². The molecule has 2 aromatic rings. The lowest BCUT2D eigenvalue weighted by Crippen LogP contribution is -2.34. The molecule has 22 heavy (non-hydrogen) atoms. The van der Waals surface area contributed by atoms with Gasteiger partial charge in [-0.25, -0.2) is 0 Å². The lowest BCUT2D eigenvalue weighted by molar-refractivity contribution is 0.185. The molecule has 1 heterocycles. The van der Waals surface area contributed by atoms with E-state index in [4.69, 9.17) is 0 Å². The number of rotatable bonds is 3. The van der Waals surface area contributed by atoms with Gasteiger partial charge in [-0.1, -0.05) is 54.4 Å². The topological polar surface area (TPSA) is 23.5 Å². The van der Waals surface area contributed by atoms with Gasteiger partial charge in [-0.15, -0.1) is 0 Å². The summed E-state index contributed by atoms with van der Waals surface area (Å²) in [5.41, 5.74) is 4.49. The molecule has 1 aliphatic heterocycles. The van der Waals surface area contributed by atoms with Crippen molar-refractivity contribution in [3.05, 3.63) is 64.7 Å². The molecule has 1 aliphatic rings. The number of piperidine rings is 1. The highest BCUT2D eigenvalue weighted by atomic mass is 16.3. The van der Waals surface area contributed by atoms with Gasteiger partial charge in [-0.2, -0.15) is 0 Å². The molecule has 1 saturated heterocycles. The molecule has 3 rings (SSSR count). The Morgan fingerprint density at radius 2 is 1.64 bits per heavy atom. The van der Waals surface area contributed by atoms with Gasteiger partial charge in [0.25, 0.3) is 0 Å². The summed E-state index contributed by atoms with van der Waals surface area (Å²) in [7, 11) is 0. The largest absolute Gasteiger partial charge is 0.507 e. The normalized spacial score (nSPS) is 17.4. The van der Waals surface area contributed by atoms with Gasteiger partial charge in [0.15, 0.2) is 0 Å². The second-order valence-corrected chi connectivity index (χ2v) is 6.43. The summed E-state index contributed by atoms with van der Waals surface area (Å²) in [5, 5.41) is 10.7. The first kappa shape index (κ1) is 15.1. The molecular formula is C20H25NO. The molecule has 0 amide bonds. The van der Waals surface area contributed by atoms with Crippen LogP contribution in [0.4, 0.5) is 0 Å². The monoisotopic (exact) mass is 295 g/mol. The molecule has 0 radical (unpaired) electrons. The van der Waals surface area contributed by atoms with Crippen LogP contribution < -0.4 is 0 Å². The summed E-state index contributed by atoms with van der Waals surface area (Å²) in [6.45, 7) is 6.30. The van der Waals surface area contributed by atoms with Crippen molar-refractivity contribution in [2.24, 2.45) is 0 Å². The first-order valence-corrected chi connectivity index (χ1v) is 8.26. The second-order valence-electron chi connectivity index (χ2n) is 6.43. The fraction of sp³-hybridized carbons (Fsp3) is 0.400. The Balaban J connectivity index is 2.09. The zero-order valence-electron chi connectivity index (χ0n) is 13.5. The minimum atomic E-state index is 0.153. The smallest absolute Gasteiger partial charge is 0.123 e. The number of likely N-dealkylation sites (tertiary alicyclic amines) is 1. The summed E-state index contributed by atoms with van der Waals surface area (Å²) < 4.78 is 0. The number of nitrogens with zero attached hydrogens (tertiary/aromatic N) is 1. The minimum Gasteiger partial charge on any atom is -0.507 e. The molecule has 1 atom stereocenters. The van der Waals surface area contributed by atoms with Crippen molar-refractivity contribution in [2.75, 3.05) is 13.1 Å². The number of phenols is 1. The van der Waals surface area contributed by atoms with E-state index in [0.29, 0.717) is 5.75 Å². The maximum absolute atomic E-state index is 10.7. The minimum absolute atomic E-state index is 0.153. The van der Waals surface area contributed by atoms with Crippen LogP contribution in [0.5, 0.6) is 5.75 Å². The van der Waals surface area contributed by atoms with Crippen LogP contribution in [0.15, 0.2) is 42.5 Å². The second kappa shape index (κ2) is 6.53. The van der Waals surface area contributed by atoms with Crippen molar-refractivity contribution in [1.82, 2.24) is 4.90 Å². The van der Waals surface area contributed by atoms with Gasteiger partial charge in [0.05, 0.1) is 6.04 Å². The third kappa shape index (κ3) is 3.02. The SMILES string of the molecule is Cc1cc(C)c(O)c(C(c2ccccc2)N2CCCCC2)c1. The Bertz CT molecular complexity index is 630.